The highest BCUT2D eigenvalue weighted by Gasteiger charge is 2.29. The van der Waals surface area contributed by atoms with Crippen LogP contribution in [-0.2, 0) is 0 Å². The summed E-state index contributed by atoms with van der Waals surface area (Å²) in [6, 6.07) is 20.4. The van der Waals surface area contributed by atoms with E-state index in [4.69, 9.17) is 33.3 Å². The summed E-state index contributed by atoms with van der Waals surface area (Å²) in [5, 5.41) is 23.7. The number of halogens is 3. The first-order valence-electron chi connectivity index (χ1n) is 15.1. The number of pyridine rings is 1. The minimum absolute atomic E-state index is 0.0255. The molecule has 1 saturated heterocycles. The standard InChI is InChI=1S/C34H33Cl2FN8/c1-3-43-14-12-26(13-15-43)45-21-30(41-42-45)34(22-8-6-5-7-9-22)44(4-2)31-17-24(35)16-27-32(23(19-38)20-39-33(27)31)40-25-10-11-29(37)28(36)18-25/h5-11,16-18,20-21,26,34H,3-4,12-15H2,1-2H3,(H,39,40)/t34-/m0/s1. The minimum atomic E-state index is -0.526. The van der Waals surface area contributed by atoms with Gasteiger partial charge in [-0.1, -0.05) is 65.7 Å². The van der Waals surface area contributed by atoms with E-state index >= 15 is 0 Å². The second kappa shape index (κ2) is 13.4. The largest absolute Gasteiger partial charge is 0.357 e. The van der Waals surface area contributed by atoms with Gasteiger partial charge < -0.3 is 15.1 Å². The van der Waals surface area contributed by atoms with E-state index in [2.05, 4.69) is 58.6 Å². The van der Waals surface area contributed by atoms with Gasteiger partial charge in [-0.25, -0.2) is 9.07 Å². The molecule has 3 aromatic carbocycles. The number of fused-ring (bicyclic) bond motifs is 1. The lowest BCUT2D eigenvalue weighted by Crippen LogP contribution is -2.34. The first-order chi connectivity index (χ1) is 21.9. The van der Waals surface area contributed by atoms with Crippen LogP contribution < -0.4 is 10.2 Å². The average molecular weight is 644 g/mol. The Morgan fingerprint density at radius 3 is 2.56 bits per heavy atom. The Morgan fingerprint density at radius 1 is 1.09 bits per heavy atom. The highest BCUT2D eigenvalue weighted by atomic mass is 35.5. The highest BCUT2D eigenvalue weighted by molar-refractivity contribution is 6.32. The Bertz CT molecular complexity index is 1850. The van der Waals surface area contributed by atoms with Crippen molar-refractivity contribution in [3.05, 3.63) is 106 Å². The van der Waals surface area contributed by atoms with Crippen molar-refractivity contribution < 1.29 is 4.39 Å². The van der Waals surface area contributed by atoms with Gasteiger partial charge in [0.25, 0.3) is 0 Å². The fourth-order valence-corrected chi connectivity index (χ4v) is 6.53. The number of nitrogens with zero attached hydrogens (tertiary/aromatic N) is 7. The van der Waals surface area contributed by atoms with Crippen LogP contribution in [0.1, 0.15) is 55.6 Å². The predicted molar refractivity (Wildman–Crippen MR) is 178 cm³/mol. The number of hydrogen-bond acceptors (Lipinski definition) is 7. The molecule has 0 radical (unpaired) electrons. The normalized spacial score (nSPS) is 14.8. The zero-order valence-corrected chi connectivity index (χ0v) is 26.6. The summed E-state index contributed by atoms with van der Waals surface area (Å²) in [5.41, 5.74) is 4.65. The van der Waals surface area contributed by atoms with Crippen LogP contribution in [0.2, 0.25) is 10.0 Å². The molecule has 3 heterocycles. The number of nitriles is 1. The average Bonchev–Trinajstić information content (AvgIpc) is 3.55. The lowest BCUT2D eigenvalue weighted by molar-refractivity contribution is 0.186. The Morgan fingerprint density at radius 2 is 1.87 bits per heavy atom. The van der Waals surface area contributed by atoms with Gasteiger partial charge in [-0.2, -0.15) is 5.26 Å². The van der Waals surface area contributed by atoms with Crippen molar-refractivity contribution in [3.8, 4) is 6.07 Å². The van der Waals surface area contributed by atoms with Crippen LogP contribution in [0.15, 0.2) is 73.1 Å². The number of likely N-dealkylation sites (tertiary alicyclic amines) is 1. The second-order valence-electron chi connectivity index (χ2n) is 11.1. The first kappa shape index (κ1) is 30.8. The molecule has 230 valence electrons. The van der Waals surface area contributed by atoms with Crippen LogP contribution in [0, 0.1) is 17.1 Å². The molecule has 1 aliphatic rings. The van der Waals surface area contributed by atoms with Crippen molar-refractivity contribution in [2.75, 3.05) is 36.4 Å². The molecule has 11 heteroatoms. The fourth-order valence-electron chi connectivity index (χ4n) is 6.14. The maximum atomic E-state index is 13.9. The number of benzene rings is 3. The zero-order valence-electron chi connectivity index (χ0n) is 25.1. The van der Waals surface area contributed by atoms with E-state index < -0.39 is 5.82 Å². The van der Waals surface area contributed by atoms with Crippen LogP contribution in [-0.4, -0.2) is 51.1 Å². The van der Waals surface area contributed by atoms with E-state index in [0.717, 1.165) is 49.4 Å². The minimum Gasteiger partial charge on any atom is -0.357 e. The number of piperidine rings is 1. The Labute approximate surface area is 272 Å². The van der Waals surface area contributed by atoms with Gasteiger partial charge in [0.15, 0.2) is 0 Å². The topological polar surface area (TPSA) is 85.9 Å². The fraction of sp³-hybridized carbons (Fsp3) is 0.294. The molecular formula is C34H33Cl2FN8. The molecule has 0 aliphatic carbocycles. The summed E-state index contributed by atoms with van der Waals surface area (Å²) in [5.74, 6) is -0.526. The molecule has 0 unspecified atom stereocenters. The molecular weight excluding hydrogens is 610 g/mol. The summed E-state index contributed by atoms with van der Waals surface area (Å²) < 4.78 is 15.9. The van der Waals surface area contributed by atoms with E-state index in [1.807, 2.05) is 28.9 Å². The maximum Gasteiger partial charge on any atom is 0.141 e. The van der Waals surface area contributed by atoms with Gasteiger partial charge >= 0.3 is 0 Å². The second-order valence-corrected chi connectivity index (χ2v) is 12.0. The van der Waals surface area contributed by atoms with E-state index in [1.54, 1.807) is 12.1 Å². The quantitative estimate of drug-likeness (QED) is 0.174. The van der Waals surface area contributed by atoms with Gasteiger partial charge in [0.05, 0.1) is 39.7 Å². The van der Waals surface area contributed by atoms with Crippen molar-refractivity contribution in [1.29, 1.82) is 5.26 Å². The van der Waals surface area contributed by atoms with Crippen molar-refractivity contribution in [2.45, 2.75) is 38.8 Å². The summed E-state index contributed by atoms with van der Waals surface area (Å²) in [7, 11) is 0. The highest BCUT2D eigenvalue weighted by Crippen LogP contribution is 2.41. The lowest BCUT2D eigenvalue weighted by Gasteiger charge is -2.33. The lowest BCUT2D eigenvalue weighted by atomic mass is 10.00. The third-order valence-corrected chi connectivity index (χ3v) is 9.00. The third kappa shape index (κ3) is 6.32. The van der Waals surface area contributed by atoms with Gasteiger partial charge in [-0.15, -0.1) is 5.10 Å². The van der Waals surface area contributed by atoms with Gasteiger partial charge in [-0.05, 0) is 62.2 Å². The number of aromatic nitrogens is 4. The molecule has 6 rings (SSSR count). The Balaban J connectivity index is 1.46. The molecule has 0 amide bonds. The zero-order chi connectivity index (χ0) is 31.5. The molecule has 1 aliphatic heterocycles. The molecule has 8 nitrogen and oxygen atoms in total. The number of rotatable bonds is 9. The molecule has 0 bridgehead atoms. The van der Waals surface area contributed by atoms with E-state index in [-0.39, 0.29) is 11.1 Å². The molecule has 1 fully saturated rings. The smallest absolute Gasteiger partial charge is 0.141 e. The molecule has 1 atom stereocenters. The summed E-state index contributed by atoms with van der Waals surface area (Å²) in [6.07, 6.45) is 5.68. The monoisotopic (exact) mass is 642 g/mol. The molecule has 45 heavy (non-hydrogen) atoms. The first-order valence-corrected chi connectivity index (χ1v) is 15.9. The SMILES string of the molecule is CCN1CCC(n2cc([C@H](c3ccccc3)N(CC)c3cc(Cl)cc4c(Nc5ccc(F)c(Cl)c5)c(C#N)cnc34)nn2)CC1. The van der Waals surface area contributed by atoms with Crippen LogP contribution in [0.25, 0.3) is 10.9 Å². The summed E-state index contributed by atoms with van der Waals surface area (Å²) in [6.45, 7) is 8.04. The van der Waals surface area contributed by atoms with Crippen molar-refractivity contribution in [1.82, 2.24) is 24.9 Å². The van der Waals surface area contributed by atoms with E-state index in [1.165, 1.54) is 18.3 Å². The van der Waals surface area contributed by atoms with Gasteiger partial charge in [-0.3, -0.25) is 4.98 Å². The molecule has 2 aromatic heterocycles. The third-order valence-electron chi connectivity index (χ3n) is 8.49. The number of nitrogens with one attached hydrogen (secondary N) is 1. The Kier molecular flexibility index (Phi) is 9.17. The Hall–Kier alpha value is -4.23. The van der Waals surface area contributed by atoms with Crippen molar-refractivity contribution >= 4 is 51.2 Å². The number of anilines is 3. The van der Waals surface area contributed by atoms with Crippen LogP contribution in [0.3, 0.4) is 0 Å². The van der Waals surface area contributed by atoms with Crippen molar-refractivity contribution in [2.24, 2.45) is 0 Å². The van der Waals surface area contributed by atoms with E-state index in [0.29, 0.717) is 45.5 Å². The van der Waals surface area contributed by atoms with E-state index in [9.17, 15) is 9.65 Å². The summed E-state index contributed by atoms with van der Waals surface area (Å²) in [4.78, 5) is 9.44. The van der Waals surface area contributed by atoms with Crippen LogP contribution >= 0.6 is 23.2 Å². The van der Waals surface area contributed by atoms with Crippen molar-refractivity contribution in [3.63, 3.8) is 0 Å². The maximum absolute atomic E-state index is 13.9. The van der Waals surface area contributed by atoms with Gasteiger partial charge in [0.1, 0.15) is 23.6 Å². The van der Waals surface area contributed by atoms with Crippen LogP contribution in [0.5, 0.6) is 0 Å². The molecule has 5 aromatic rings. The van der Waals surface area contributed by atoms with Crippen LogP contribution in [0.4, 0.5) is 21.5 Å². The predicted octanol–water partition coefficient (Wildman–Crippen LogP) is 8.16. The molecule has 1 N–H and O–H groups in total. The van der Waals surface area contributed by atoms with Gasteiger partial charge in [0.2, 0.25) is 0 Å². The number of hydrogen-bond donors (Lipinski definition) is 1. The molecule has 0 spiro atoms. The summed E-state index contributed by atoms with van der Waals surface area (Å²) >= 11 is 12.9. The van der Waals surface area contributed by atoms with Gasteiger partial charge in [0, 0.05) is 41.9 Å². The molecule has 0 saturated carbocycles.